The van der Waals surface area contributed by atoms with Crippen molar-refractivity contribution in [1.82, 2.24) is 14.7 Å². The fraction of sp³-hybridized carbons (Fsp3) is 0.680. The number of piperidine rings is 1. The van der Waals surface area contributed by atoms with Crippen molar-refractivity contribution in [2.45, 2.75) is 63.8 Å². The Morgan fingerprint density at radius 3 is 2.13 bits per heavy atom. The Morgan fingerprint density at radius 1 is 0.800 bits per heavy atom. The van der Waals surface area contributed by atoms with E-state index in [1.54, 1.807) is 0 Å². The first-order chi connectivity index (χ1) is 14.7. The molecule has 0 spiro atoms. The van der Waals surface area contributed by atoms with Crippen LogP contribution in [0.5, 0.6) is 0 Å². The molecule has 1 aromatic carbocycles. The molecule has 30 heavy (non-hydrogen) atoms. The summed E-state index contributed by atoms with van der Waals surface area (Å²) in [6, 6.07) is 10.3. The van der Waals surface area contributed by atoms with Crippen LogP contribution in [0.4, 0.5) is 0 Å². The predicted molar refractivity (Wildman–Crippen MR) is 119 cm³/mol. The maximum absolute atomic E-state index is 13.5. The summed E-state index contributed by atoms with van der Waals surface area (Å²) in [5.74, 6) is 1.11. The van der Waals surface area contributed by atoms with Crippen LogP contribution < -0.4 is 0 Å². The molecule has 0 radical (unpaired) electrons. The molecule has 1 saturated carbocycles. The standard InChI is InChI=1S/C25H37N3O2/c29-23(14-13-21-9-3-1-4-10-21)26-17-19-27(20-18-26)24(22-11-5-6-12-22)25(30)28-15-7-2-8-16-28/h1,3-4,9-10,22,24H,2,5-8,11-20H2/t24-/m0/s1. The second-order valence-corrected chi connectivity index (χ2v) is 9.28. The van der Waals surface area contributed by atoms with Crippen molar-refractivity contribution in [3.8, 4) is 0 Å². The third-order valence-corrected chi connectivity index (χ3v) is 7.30. The highest BCUT2D eigenvalue weighted by molar-refractivity contribution is 5.82. The Morgan fingerprint density at radius 2 is 1.47 bits per heavy atom. The number of carbonyl (C=O) groups excluding carboxylic acids is 2. The molecule has 3 aliphatic rings. The Bertz CT molecular complexity index is 688. The van der Waals surface area contributed by atoms with E-state index in [4.69, 9.17) is 0 Å². The van der Waals surface area contributed by atoms with Gasteiger partial charge >= 0.3 is 0 Å². The molecule has 0 bridgehead atoms. The Balaban J connectivity index is 1.32. The zero-order chi connectivity index (χ0) is 20.8. The summed E-state index contributed by atoms with van der Waals surface area (Å²) in [7, 11) is 0. The summed E-state index contributed by atoms with van der Waals surface area (Å²) >= 11 is 0. The fourth-order valence-electron chi connectivity index (χ4n) is 5.53. The Kier molecular flexibility index (Phi) is 7.42. The quantitative estimate of drug-likeness (QED) is 0.721. The summed E-state index contributed by atoms with van der Waals surface area (Å²) in [5.41, 5.74) is 1.22. The normalized spacial score (nSPS) is 22.3. The first-order valence-corrected chi connectivity index (χ1v) is 12.1. The van der Waals surface area contributed by atoms with E-state index in [0.29, 0.717) is 18.2 Å². The van der Waals surface area contributed by atoms with Crippen LogP contribution >= 0.6 is 0 Å². The second kappa shape index (κ2) is 10.4. The van der Waals surface area contributed by atoms with E-state index in [1.807, 2.05) is 23.1 Å². The van der Waals surface area contributed by atoms with Crippen molar-refractivity contribution >= 4 is 11.8 Å². The van der Waals surface area contributed by atoms with Crippen molar-refractivity contribution in [3.63, 3.8) is 0 Å². The van der Waals surface area contributed by atoms with Crippen molar-refractivity contribution < 1.29 is 9.59 Å². The van der Waals surface area contributed by atoms with Crippen molar-refractivity contribution in [2.75, 3.05) is 39.3 Å². The topological polar surface area (TPSA) is 43.9 Å². The maximum atomic E-state index is 13.5. The minimum absolute atomic E-state index is 0.0344. The third kappa shape index (κ3) is 5.23. The summed E-state index contributed by atoms with van der Waals surface area (Å²) in [5, 5.41) is 0. The number of hydrogen-bond donors (Lipinski definition) is 0. The van der Waals surface area contributed by atoms with Crippen LogP contribution in [0, 0.1) is 5.92 Å². The van der Waals surface area contributed by atoms with E-state index < -0.39 is 0 Å². The molecule has 0 aromatic heterocycles. The minimum Gasteiger partial charge on any atom is -0.341 e. The van der Waals surface area contributed by atoms with E-state index in [2.05, 4.69) is 21.9 Å². The van der Waals surface area contributed by atoms with Gasteiger partial charge in [-0.05, 0) is 50.0 Å². The van der Waals surface area contributed by atoms with Gasteiger partial charge in [-0.15, -0.1) is 0 Å². The molecule has 1 atom stereocenters. The Labute approximate surface area is 181 Å². The van der Waals surface area contributed by atoms with E-state index in [9.17, 15) is 9.59 Å². The Hall–Kier alpha value is -1.88. The molecule has 4 rings (SSSR count). The molecule has 164 valence electrons. The van der Waals surface area contributed by atoms with Crippen molar-refractivity contribution in [2.24, 2.45) is 5.92 Å². The van der Waals surface area contributed by atoms with Crippen molar-refractivity contribution in [3.05, 3.63) is 35.9 Å². The van der Waals surface area contributed by atoms with Gasteiger partial charge in [0, 0.05) is 45.7 Å². The highest BCUT2D eigenvalue weighted by atomic mass is 16.2. The smallest absolute Gasteiger partial charge is 0.240 e. The third-order valence-electron chi connectivity index (χ3n) is 7.30. The molecular formula is C25H37N3O2. The van der Waals surface area contributed by atoms with Gasteiger partial charge in [-0.2, -0.15) is 0 Å². The lowest BCUT2D eigenvalue weighted by Gasteiger charge is -2.43. The van der Waals surface area contributed by atoms with Crippen LogP contribution in [-0.4, -0.2) is 71.8 Å². The molecule has 0 N–H and O–H groups in total. The number of carbonyl (C=O) groups is 2. The summed E-state index contributed by atoms with van der Waals surface area (Å²) < 4.78 is 0. The highest BCUT2D eigenvalue weighted by Gasteiger charge is 2.39. The molecule has 5 heteroatoms. The minimum atomic E-state index is 0.0344. The van der Waals surface area contributed by atoms with Gasteiger partial charge in [-0.25, -0.2) is 0 Å². The molecule has 2 aliphatic heterocycles. The maximum Gasteiger partial charge on any atom is 0.240 e. The van der Waals surface area contributed by atoms with Crippen LogP contribution in [0.2, 0.25) is 0 Å². The van der Waals surface area contributed by atoms with Crippen LogP contribution in [0.3, 0.4) is 0 Å². The number of amides is 2. The van der Waals surface area contributed by atoms with Gasteiger partial charge in [0.15, 0.2) is 0 Å². The van der Waals surface area contributed by atoms with Crippen LogP contribution in [0.15, 0.2) is 30.3 Å². The van der Waals surface area contributed by atoms with Crippen LogP contribution in [-0.2, 0) is 16.0 Å². The lowest BCUT2D eigenvalue weighted by Crippen LogP contribution is -2.59. The van der Waals surface area contributed by atoms with Crippen LogP contribution in [0.1, 0.15) is 56.9 Å². The first kappa shape index (κ1) is 21.4. The van der Waals surface area contributed by atoms with Crippen LogP contribution in [0.25, 0.3) is 0 Å². The molecule has 2 heterocycles. The summed E-state index contributed by atoms with van der Waals surface area (Å²) in [6.07, 6.45) is 9.79. The second-order valence-electron chi connectivity index (χ2n) is 9.28. The van der Waals surface area contributed by atoms with E-state index in [-0.39, 0.29) is 11.9 Å². The molecule has 1 aliphatic carbocycles. The number of benzene rings is 1. The monoisotopic (exact) mass is 411 g/mol. The average molecular weight is 412 g/mol. The summed E-state index contributed by atoms with van der Waals surface area (Å²) in [6.45, 7) is 5.03. The number of nitrogens with zero attached hydrogens (tertiary/aromatic N) is 3. The molecule has 2 saturated heterocycles. The zero-order valence-corrected chi connectivity index (χ0v) is 18.3. The van der Waals surface area contributed by atoms with Gasteiger partial charge in [-0.3, -0.25) is 14.5 Å². The van der Waals surface area contributed by atoms with Gasteiger partial charge in [0.05, 0.1) is 6.04 Å². The van der Waals surface area contributed by atoms with E-state index >= 15 is 0 Å². The first-order valence-electron chi connectivity index (χ1n) is 12.1. The lowest BCUT2D eigenvalue weighted by molar-refractivity contribution is -0.142. The summed E-state index contributed by atoms with van der Waals surface area (Å²) in [4.78, 5) is 32.7. The van der Waals surface area contributed by atoms with E-state index in [0.717, 1.165) is 58.5 Å². The van der Waals surface area contributed by atoms with Gasteiger partial charge in [0.1, 0.15) is 0 Å². The lowest BCUT2D eigenvalue weighted by atomic mass is 9.93. The van der Waals surface area contributed by atoms with E-state index in [1.165, 1.54) is 37.7 Å². The fourth-order valence-corrected chi connectivity index (χ4v) is 5.53. The number of piperazine rings is 1. The van der Waals surface area contributed by atoms with Crippen molar-refractivity contribution in [1.29, 1.82) is 0 Å². The zero-order valence-electron chi connectivity index (χ0n) is 18.3. The molecule has 0 unspecified atom stereocenters. The molecule has 1 aromatic rings. The highest BCUT2D eigenvalue weighted by Crippen LogP contribution is 2.32. The largest absolute Gasteiger partial charge is 0.341 e. The number of likely N-dealkylation sites (tertiary alicyclic amines) is 1. The number of aryl methyl sites for hydroxylation is 1. The van der Waals surface area contributed by atoms with Gasteiger partial charge in [0.2, 0.25) is 11.8 Å². The predicted octanol–water partition coefficient (Wildman–Crippen LogP) is 3.33. The van der Waals surface area contributed by atoms with Gasteiger partial charge in [-0.1, -0.05) is 43.2 Å². The van der Waals surface area contributed by atoms with Gasteiger partial charge in [0.25, 0.3) is 0 Å². The SMILES string of the molecule is O=C(CCc1ccccc1)N1CCN([C@H](C(=O)N2CCCCC2)C2CCCC2)CC1. The molecular weight excluding hydrogens is 374 g/mol. The molecule has 5 nitrogen and oxygen atoms in total. The number of hydrogen-bond acceptors (Lipinski definition) is 3. The number of rotatable bonds is 6. The average Bonchev–Trinajstić information content (AvgIpc) is 3.34. The molecule has 3 fully saturated rings. The molecule has 2 amide bonds. The van der Waals surface area contributed by atoms with Gasteiger partial charge < -0.3 is 9.80 Å².